The van der Waals surface area contributed by atoms with Gasteiger partial charge in [-0.25, -0.2) is 9.97 Å². The Morgan fingerprint density at radius 2 is 2.15 bits per heavy atom. The van der Waals surface area contributed by atoms with Crippen LogP contribution < -0.4 is 5.73 Å². The van der Waals surface area contributed by atoms with Gasteiger partial charge in [0, 0.05) is 18.1 Å². The first-order chi connectivity index (χ1) is 6.31. The summed E-state index contributed by atoms with van der Waals surface area (Å²) in [5.41, 5.74) is 7.25. The molecule has 4 heteroatoms. The SMILES string of the molecule is NCc1ccnc2nc(Cl)ccc12. The minimum absolute atomic E-state index is 0.453. The molecule has 0 fully saturated rings. The number of rotatable bonds is 1. The summed E-state index contributed by atoms with van der Waals surface area (Å²) in [4.78, 5) is 8.18. The Morgan fingerprint density at radius 1 is 1.31 bits per heavy atom. The van der Waals surface area contributed by atoms with Crippen LogP contribution in [0.3, 0.4) is 0 Å². The van der Waals surface area contributed by atoms with E-state index in [4.69, 9.17) is 17.3 Å². The van der Waals surface area contributed by atoms with Crippen molar-refractivity contribution >= 4 is 22.6 Å². The van der Waals surface area contributed by atoms with E-state index in [1.165, 1.54) is 0 Å². The Morgan fingerprint density at radius 3 is 2.92 bits per heavy atom. The number of fused-ring (bicyclic) bond motifs is 1. The second-order valence-corrected chi connectivity index (χ2v) is 3.07. The maximum Gasteiger partial charge on any atom is 0.161 e. The lowest BCUT2D eigenvalue weighted by atomic mass is 10.1. The summed E-state index contributed by atoms with van der Waals surface area (Å²) in [5, 5.41) is 1.42. The van der Waals surface area contributed by atoms with Gasteiger partial charge in [0.1, 0.15) is 5.15 Å². The van der Waals surface area contributed by atoms with Crippen LogP contribution in [0.4, 0.5) is 0 Å². The third-order valence-corrected chi connectivity index (χ3v) is 2.09. The second kappa shape index (κ2) is 3.28. The van der Waals surface area contributed by atoms with Crippen molar-refractivity contribution in [3.05, 3.63) is 35.1 Å². The first kappa shape index (κ1) is 8.41. The van der Waals surface area contributed by atoms with Crippen molar-refractivity contribution in [3.8, 4) is 0 Å². The summed E-state index contributed by atoms with van der Waals surface area (Å²) in [7, 11) is 0. The maximum absolute atomic E-state index is 5.73. The average Bonchev–Trinajstić information content (AvgIpc) is 2.16. The van der Waals surface area contributed by atoms with Gasteiger partial charge in [-0.1, -0.05) is 11.6 Å². The Hall–Kier alpha value is -1.19. The number of pyridine rings is 2. The van der Waals surface area contributed by atoms with Crippen LogP contribution in [-0.2, 0) is 6.54 Å². The molecular weight excluding hydrogens is 186 g/mol. The normalized spacial score (nSPS) is 10.6. The van der Waals surface area contributed by atoms with Gasteiger partial charge in [-0.3, -0.25) is 0 Å². The van der Waals surface area contributed by atoms with E-state index in [1.807, 2.05) is 12.1 Å². The van der Waals surface area contributed by atoms with Crippen molar-refractivity contribution < 1.29 is 0 Å². The molecule has 2 aromatic rings. The second-order valence-electron chi connectivity index (χ2n) is 2.68. The maximum atomic E-state index is 5.73. The molecule has 66 valence electrons. The minimum Gasteiger partial charge on any atom is -0.326 e. The fraction of sp³-hybridized carbons (Fsp3) is 0.111. The van der Waals surface area contributed by atoms with Crippen molar-refractivity contribution in [1.82, 2.24) is 9.97 Å². The van der Waals surface area contributed by atoms with Gasteiger partial charge < -0.3 is 5.73 Å². The largest absolute Gasteiger partial charge is 0.326 e. The van der Waals surface area contributed by atoms with Crippen LogP contribution in [0, 0.1) is 0 Å². The Bertz CT molecular complexity index is 442. The van der Waals surface area contributed by atoms with Gasteiger partial charge in [0.15, 0.2) is 5.65 Å². The van der Waals surface area contributed by atoms with Crippen LogP contribution in [0.2, 0.25) is 5.15 Å². The first-order valence-electron chi connectivity index (χ1n) is 3.91. The molecule has 0 bridgehead atoms. The zero-order valence-corrected chi connectivity index (χ0v) is 7.62. The quantitative estimate of drug-likeness (QED) is 0.702. The number of halogens is 1. The van der Waals surface area contributed by atoms with Crippen molar-refractivity contribution in [1.29, 1.82) is 0 Å². The third kappa shape index (κ3) is 1.48. The molecule has 0 saturated carbocycles. The smallest absolute Gasteiger partial charge is 0.161 e. The highest BCUT2D eigenvalue weighted by atomic mass is 35.5. The standard InChI is InChI=1S/C9H8ClN3/c10-8-2-1-7-6(5-11)3-4-12-9(7)13-8/h1-4H,5,11H2. The van der Waals surface area contributed by atoms with Gasteiger partial charge in [0.25, 0.3) is 0 Å². The van der Waals surface area contributed by atoms with E-state index in [-0.39, 0.29) is 0 Å². The molecule has 0 aromatic carbocycles. The predicted octanol–water partition coefficient (Wildman–Crippen LogP) is 1.74. The molecule has 2 rings (SSSR count). The fourth-order valence-corrected chi connectivity index (χ4v) is 1.38. The van der Waals surface area contributed by atoms with Crippen LogP contribution >= 0.6 is 11.6 Å². The molecule has 0 aliphatic heterocycles. The lowest BCUT2D eigenvalue weighted by Gasteiger charge is -2.01. The van der Waals surface area contributed by atoms with Crippen molar-refractivity contribution in [2.45, 2.75) is 6.54 Å². The number of nitrogens with zero attached hydrogens (tertiary/aromatic N) is 2. The van der Waals surface area contributed by atoms with Crippen LogP contribution in [-0.4, -0.2) is 9.97 Å². The molecule has 0 radical (unpaired) electrons. The fourth-order valence-electron chi connectivity index (χ4n) is 1.24. The van der Waals surface area contributed by atoms with E-state index < -0.39 is 0 Å². The number of aromatic nitrogens is 2. The highest BCUT2D eigenvalue weighted by Gasteiger charge is 2.01. The summed E-state index contributed by atoms with van der Waals surface area (Å²) < 4.78 is 0. The van der Waals surface area contributed by atoms with Gasteiger partial charge in [0.05, 0.1) is 0 Å². The molecule has 0 atom stereocenters. The van der Waals surface area contributed by atoms with E-state index in [0.29, 0.717) is 17.3 Å². The zero-order chi connectivity index (χ0) is 9.26. The number of hydrogen-bond acceptors (Lipinski definition) is 3. The monoisotopic (exact) mass is 193 g/mol. The Balaban J connectivity index is 2.77. The van der Waals surface area contributed by atoms with Gasteiger partial charge in [-0.2, -0.15) is 0 Å². The lowest BCUT2D eigenvalue weighted by Crippen LogP contribution is -1.98. The Kier molecular flexibility index (Phi) is 2.12. The summed E-state index contributed by atoms with van der Waals surface area (Å²) in [6.45, 7) is 0.488. The summed E-state index contributed by atoms with van der Waals surface area (Å²) in [6, 6.07) is 5.52. The van der Waals surface area contributed by atoms with Crippen molar-refractivity contribution in [2.75, 3.05) is 0 Å². The summed E-state index contributed by atoms with van der Waals surface area (Å²) in [5.74, 6) is 0. The molecule has 2 heterocycles. The molecule has 0 saturated heterocycles. The van der Waals surface area contributed by atoms with Gasteiger partial charge in [0.2, 0.25) is 0 Å². The molecule has 2 N–H and O–H groups in total. The molecule has 3 nitrogen and oxygen atoms in total. The molecular formula is C9H8ClN3. The zero-order valence-electron chi connectivity index (χ0n) is 6.87. The lowest BCUT2D eigenvalue weighted by molar-refractivity contribution is 1.08. The number of hydrogen-bond donors (Lipinski definition) is 1. The van der Waals surface area contributed by atoms with Crippen molar-refractivity contribution in [3.63, 3.8) is 0 Å². The molecule has 13 heavy (non-hydrogen) atoms. The number of nitrogens with two attached hydrogens (primary N) is 1. The first-order valence-corrected chi connectivity index (χ1v) is 4.29. The van der Waals surface area contributed by atoms with Crippen LogP contribution in [0.1, 0.15) is 5.56 Å². The van der Waals surface area contributed by atoms with Crippen molar-refractivity contribution in [2.24, 2.45) is 5.73 Å². The third-order valence-electron chi connectivity index (χ3n) is 1.88. The topological polar surface area (TPSA) is 51.8 Å². The van der Waals surface area contributed by atoms with E-state index in [9.17, 15) is 0 Å². The van der Waals surface area contributed by atoms with Crippen LogP contribution in [0.15, 0.2) is 24.4 Å². The summed E-state index contributed by atoms with van der Waals surface area (Å²) in [6.07, 6.45) is 1.69. The molecule has 2 aromatic heterocycles. The van der Waals surface area contributed by atoms with Crippen LogP contribution in [0.25, 0.3) is 11.0 Å². The van der Waals surface area contributed by atoms with E-state index >= 15 is 0 Å². The molecule has 0 amide bonds. The minimum atomic E-state index is 0.453. The summed E-state index contributed by atoms with van der Waals surface area (Å²) >= 11 is 5.73. The van der Waals surface area contributed by atoms with Gasteiger partial charge in [-0.15, -0.1) is 0 Å². The highest BCUT2D eigenvalue weighted by Crippen LogP contribution is 2.16. The van der Waals surface area contributed by atoms with E-state index in [1.54, 1.807) is 12.3 Å². The van der Waals surface area contributed by atoms with Crippen LogP contribution in [0.5, 0.6) is 0 Å². The van der Waals surface area contributed by atoms with Gasteiger partial charge >= 0.3 is 0 Å². The Labute approximate surface area is 80.6 Å². The molecule has 0 spiro atoms. The highest BCUT2D eigenvalue weighted by molar-refractivity contribution is 6.29. The van der Waals surface area contributed by atoms with E-state index in [0.717, 1.165) is 10.9 Å². The predicted molar refractivity (Wildman–Crippen MR) is 52.4 cm³/mol. The molecule has 0 aliphatic rings. The van der Waals surface area contributed by atoms with Gasteiger partial charge in [-0.05, 0) is 23.8 Å². The average molecular weight is 194 g/mol. The molecule has 0 unspecified atom stereocenters. The molecule has 0 aliphatic carbocycles. The van der Waals surface area contributed by atoms with E-state index in [2.05, 4.69) is 9.97 Å².